The van der Waals surface area contributed by atoms with E-state index in [0.717, 1.165) is 42.8 Å². The first-order valence-electron chi connectivity index (χ1n) is 7.05. The third-order valence-electron chi connectivity index (χ3n) is 2.55. The number of guanidine groups is 1. The molecule has 0 aliphatic rings. The van der Waals surface area contributed by atoms with E-state index in [4.69, 9.17) is 4.74 Å². The first-order chi connectivity index (χ1) is 9.61. The summed E-state index contributed by atoms with van der Waals surface area (Å²) >= 11 is 1.69. The molecule has 0 spiro atoms. The molecule has 0 aliphatic carbocycles. The minimum absolute atomic E-state index is 0. The van der Waals surface area contributed by atoms with Crippen molar-refractivity contribution in [3.8, 4) is 0 Å². The Labute approximate surface area is 149 Å². The average molecular weight is 426 g/mol. The van der Waals surface area contributed by atoms with E-state index in [-0.39, 0.29) is 24.0 Å². The van der Waals surface area contributed by atoms with E-state index in [1.54, 1.807) is 18.4 Å². The van der Waals surface area contributed by atoms with Crippen LogP contribution in [0, 0.1) is 12.8 Å². The zero-order chi connectivity index (χ0) is 14.8. The molecule has 21 heavy (non-hydrogen) atoms. The highest BCUT2D eigenvalue weighted by Gasteiger charge is 2.00. The average Bonchev–Trinajstić information content (AvgIpc) is 2.81. The largest absolute Gasteiger partial charge is 0.379 e. The number of rotatable bonds is 8. The lowest BCUT2D eigenvalue weighted by atomic mass is 10.2. The summed E-state index contributed by atoms with van der Waals surface area (Å²) in [4.78, 5) is 8.61. The number of nitrogens with zero attached hydrogens (tertiary/aromatic N) is 2. The zero-order valence-electron chi connectivity index (χ0n) is 13.3. The highest BCUT2D eigenvalue weighted by molar-refractivity contribution is 14.0. The molecule has 5 nitrogen and oxygen atoms in total. The molecule has 1 rings (SSSR count). The van der Waals surface area contributed by atoms with Crippen molar-refractivity contribution in [3.63, 3.8) is 0 Å². The Kier molecular flexibility index (Phi) is 11.9. The van der Waals surface area contributed by atoms with Crippen LogP contribution in [0.25, 0.3) is 0 Å². The van der Waals surface area contributed by atoms with Crippen LogP contribution in [0.5, 0.6) is 0 Å². The molecule has 2 N–H and O–H groups in total. The third-order valence-corrected chi connectivity index (χ3v) is 3.38. The number of hydrogen-bond donors (Lipinski definition) is 2. The summed E-state index contributed by atoms with van der Waals surface area (Å²) < 4.78 is 5.51. The predicted molar refractivity (Wildman–Crippen MR) is 101 cm³/mol. The van der Waals surface area contributed by atoms with E-state index in [2.05, 4.69) is 39.8 Å². The van der Waals surface area contributed by atoms with Crippen LogP contribution in [-0.2, 0) is 11.2 Å². The van der Waals surface area contributed by atoms with Crippen LogP contribution in [0.3, 0.4) is 0 Å². The molecule has 1 aromatic heterocycles. The van der Waals surface area contributed by atoms with Crippen molar-refractivity contribution in [1.82, 2.24) is 15.6 Å². The van der Waals surface area contributed by atoms with Gasteiger partial charge in [-0.05, 0) is 12.8 Å². The fourth-order valence-electron chi connectivity index (χ4n) is 1.61. The lowest BCUT2D eigenvalue weighted by Gasteiger charge is -2.12. The first-order valence-corrected chi connectivity index (χ1v) is 7.93. The van der Waals surface area contributed by atoms with Crippen molar-refractivity contribution in [2.75, 3.05) is 33.4 Å². The van der Waals surface area contributed by atoms with Crippen LogP contribution in [-0.4, -0.2) is 44.3 Å². The Bertz CT molecular complexity index is 409. The molecule has 0 radical (unpaired) electrons. The second-order valence-corrected chi connectivity index (χ2v) is 6.06. The molecule has 0 amide bonds. The summed E-state index contributed by atoms with van der Waals surface area (Å²) in [7, 11) is 1.78. The second-order valence-electron chi connectivity index (χ2n) is 5.00. The van der Waals surface area contributed by atoms with Gasteiger partial charge >= 0.3 is 0 Å². The van der Waals surface area contributed by atoms with E-state index < -0.39 is 0 Å². The fraction of sp³-hybridized carbons (Fsp3) is 0.714. The van der Waals surface area contributed by atoms with E-state index in [9.17, 15) is 0 Å². The third kappa shape index (κ3) is 10.0. The number of ether oxygens (including phenoxy) is 1. The molecule has 1 aromatic rings. The van der Waals surface area contributed by atoms with Gasteiger partial charge in [-0.3, -0.25) is 4.99 Å². The van der Waals surface area contributed by atoms with Gasteiger partial charge in [0.1, 0.15) is 0 Å². The highest BCUT2D eigenvalue weighted by Crippen LogP contribution is 2.07. The van der Waals surface area contributed by atoms with Crippen LogP contribution in [0.1, 0.15) is 24.5 Å². The number of thiazole rings is 1. The van der Waals surface area contributed by atoms with Crippen LogP contribution in [0.4, 0.5) is 0 Å². The van der Waals surface area contributed by atoms with Gasteiger partial charge in [-0.1, -0.05) is 13.8 Å². The van der Waals surface area contributed by atoms with Gasteiger partial charge in [0, 0.05) is 38.5 Å². The van der Waals surface area contributed by atoms with Gasteiger partial charge in [-0.25, -0.2) is 4.98 Å². The highest BCUT2D eigenvalue weighted by atomic mass is 127. The number of aryl methyl sites for hydroxylation is 1. The summed E-state index contributed by atoms with van der Waals surface area (Å²) in [5.74, 6) is 1.39. The molecular formula is C14H27IN4OS. The quantitative estimate of drug-likeness (QED) is 0.290. The Balaban J connectivity index is 0.00000400. The monoisotopic (exact) mass is 426 g/mol. The molecule has 0 saturated carbocycles. The second kappa shape index (κ2) is 12.2. The predicted octanol–water partition coefficient (Wildman–Crippen LogP) is 2.45. The summed E-state index contributed by atoms with van der Waals surface area (Å²) in [6.45, 7) is 9.42. The summed E-state index contributed by atoms with van der Waals surface area (Å²) in [6, 6.07) is 0. The summed E-state index contributed by atoms with van der Waals surface area (Å²) in [5.41, 5.74) is 1.13. The lowest BCUT2D eigenvalue weighted by molar-refractivity contribution is 0.114. The Morgan fingerprint density at radius 2 is 2.10 bits per heavy atom. The maximum atomic E-state index is 5.51. The van der Waals surface area contributed by atoms with Gasteiger partial charge < -0.3 is 15.4 Å². The molecule has 0 saturated heterocycles. The Morgan fingerprint density at radius 3 is 2.67 bits per heavy atom. The van der Waals surface area contributed by atoms with Crippen LogP contribution >= 0.6 is 35.3 Å². The van der Waals surface area contributed by atoms with Crippen molar-refractivity contribution in [3.05, 3.63) is 16.1 Å². The molecule has 1 heterocycles. The van der Waals surface area contributed by atoms with Crippen molar-refractivity contribution >= 4 is 41.3 Å². The number of halogens is 1. The van der Waals surface area contributed by atoms with Crippen molar-refractivity contribution in [2.24, 2.45) is 10.9 Å². The van der Waals surface area contributed by atoms with Crippen molar-refractivity contribution in [1.29, 1.82) is 0 Å². The summed E-state index contributed by atoms with van der Waals surface area (Å²) in [5, 5.41) is 9.73. The minimum Gasteiger partial charge on any atom is -0.379 e. The van der Waals surface area contributed by atoms with Crippen LogP contribution in [0.15, 0.2) is 10.4 Å². The Morgan fingerprint density at radius 1 is 1.38 bits per heavy atom. The van der Waals surface area contributed by atoms with Crippen LogP contribution in [0.2, 0.25) is 0 Å². The maximum Gasteiger partial charge on any atom is 0.191 e. The smallest absolute Gasteiger partial charge is 0.191 e. The molecular weight excluding hydrogens is 399 g/mol. The number of aliphatic imine (C=N–C) groups is 1. The molecule has 0 aromatic carbocycles. The molecule has 0 bridgehead atoms. The number of nitrogens with one attached hydrogen (secondary N) is 2. The van der Waals surface area contributed by atoms with E-state index in [1.165, 1.54) is 0 Å². The summed E-state index contributed by atoms with van der Waals surface area (Å²) in [6.07, 6.45) is 0.912. The molecule has 122 valence electrons. The van der Waals surface area contributed by atoms with Gasteiger partial charge in [-0.15, -0.1) is 35.3 Å². The zero-order valence-corrected chi connectivity index (χ0v) is 16.5. The minimum atomic E-state index is 0. The van der Waals surface area contributed by atoms with Gasteiger partial charge in [0.05, 0.1) is 17.3 Å². The fourth-order valence-corrected chi connectivity index (χ4v) is 2.26. The van der Waals surface area contributed by atoms with Gasteiger partial charge in [0.2, 0.25) is 0 Å². The lowest BCUT2D eigenvalue weighted by Crippen LogP contribution is -2.39. The molecule has 0 aliphatic heterocycles. The molecule has 0 unspecified atom stereocenters. The molecule has 0 fully saturated rings. The van der Waals surface area contributed by atoms with E-state index >= 15 is 0 Å². The Hall–Kier alpha value is -0.410. The van der Waals surface area contributed by atoms with Gasteiger partial charge in [0.15, 0.2) is 5.96 Å². The van der Waals surface area contributed by atoms with Crippen molar-refractivity contribution < 1.29 is 4.74 Å². The standard InChI is InChI=1S/C14H26N4OS.HI/c1-11(2)9-19-8-7-17-14(15-4)16-6-5-13-10-20-12(3)18-13;/h10-11H,5-9H2,1-4H3,(H2,15,16,17);1H. The molecule has 7 heteroatoms. The number of hydrogen-bond acceptors (Lipinski definition) is 4. The number of aromatic nitrogens is 1. The first kappa shape index (κ1) is 20.6. The van der Waals surface area contributed by atoms with Gasteiger partial charge in [-0.2, -0.15) is 0 Å². The van der Waals surface area contributed by atoms with E-state index in [1.807, 2.05) is 6.92 Å². The maximum absolute atomic E-state index is 5.51. The van der Waals surface area contributed by atoms with E-state index in [0.29, 0.717) is 12.5 Å². The van der Waals surface area contributed by atoms with Crippen molar-refractivity contribution in [2.45, 2.75) is 27.2 Å². The SMILES string of the molecule is CN=C(NCCOCC(C)C)NCCc1csc(C)n1.I. The van der Waals surface area contributed by atoms with Gasteiger partial charge in [0.25, 0.3) is 0 Å². The van der Waals surface area contributed by atoms with Crippen LogP contribution < -0.4 is 10.6 Å². The normalized spacial score (nSPS) is 11.4. The molecule has 0 atom stereocenters. The topological polar surface area (TPSA) is 58.5 Å².